The number of carbonyl (C=O) groups is 1. The lowest BCUT2D eigenvalue weighted by Gasteiger charge is -2.07. The van der Waals surface area contributed by atoms with E-state index in [1.807, 2.05) is 0 Å². The lowest BCUT2D eigenvalue weighted by Crippen LogP contribution is -2.08. The van der Waals surface area contributed by atoms with Crippen molar-refractivity contribution in [1.29, 1.82) is 10.5 Å². The minimum Gasteiger partial charge on any atom is -0.462 e. The van der Waals surface area contributed by atoms with Crippen molar-refractivity contribution < 1.29 is 9.53 Å². The molecule has 0 aliphatic heterocycles. The molecule has 0 atom stereocenters. The van der Waals surface area contributed by atoms with Gasteiger partial charge >= 0.3 is 5.97 Å². The number of nitriles is 2. The lowest BCUT2D eigenvalue weighted by molar-refractivity contribution is -0.136. The average Bonchev–Trinajstić information content (AvgIpc) is 2.41. The second kappa shape index (κ2) is 6.82. The number of esters is 1. The van der Waals surface area contributed by atoms with E-state index in [2.05, 4.69) is 4.98 Å². The number of nitrogens with zero attached hydrogens (tertiary/aromatic N) is 3. The summed E-state index contributed by atoms with van der Waals surface area (Å²) >= 11 is 0. The van der Waals surface area contributed by atoms with E-state index in [1.54, 1.807) is 31.2 Å². The Hall–Kier alpha value is -2.66. The maximum Gasteiger partial charge on any atom is 0.338 e. The maximum absolute atomic E-state index is 11.8. The van der Waals surface area contributed by atoms with Gasteiger partial charge in [-0.1, -0.05) is 0 Å². The fourth-order valence-electron chi connectivity index (χ4n) is 1.29. The van der Waals surface area contributed by atoms with Gasteiger partial charge in [-0.3, -0.25) is 4.98 Å². The third-order valence-electron chi connectivity index (χ3n) is 2.10. The highest BCUT2D eigenvalue weighted by atomic mass is 16.5. The molecule has 0 unspecified atom stereocenters. The van der Waals surface area contributed by atoms with Crippen molar-refractivity contribution >= 4 is 11.5 Å². The molecule has 0 bridgehead atoms. The standard InChI is InChI=1S/C13H11N3O2/c1-2-18-13(17)12(7-10(8-14)9-15)11-3-5-16-6-4-11/h3-7,10H,2H2,1H3/b12-7+. The topological polar surface area (TPSA) is 86.8 Å². The fourth-order valence-corrected chi connectivity index (χ4v) is 1.29. The van der Waals surface area contributed by atoms with Gasteiger partial charge in [-0.2, -0.15) is 10.5 Å². The minimum atomic E-state index is -0.988. The first kappa shape index (κ1) is 13.4. The third-order valence-corrected chi connectivity index (χ3v) is 2.10. The molecule has 0 spiro atoms. The maximum atomic E-state index is 11.8. The monoisotopic (exact) mass is 241 g/mol. The normalized spacial score (nSPS) is 10.6. The van der Waals surface area contributed by atoms with E-state index in [1.165, 1.54) is 18.5 Å². The highest BCUT2D eigenvalue weighted by Gasteiger charge is 2.15. The molecule has 1 heterocycles. The molecule has 0 saturated carbocycles. The molecule has 1 aromatic rings. The van der Waals surface area contributed by atoms with Gasteiger partial charge < -0.3 is 4.74 Å². The van der Waals surface area contributed by atoms with Gasteiger partial charge in [0.15, 0.2) is 5.92 Å². The number of ether oxygens (including phenoxy) is 1. The first-order valence-electron chi connectivity index (χ1n) is 5.31. The van der Waals surface area contributed by atoms with Gasteiger partial charge in [0.05, 0.1) is 24.3 Å². The predicted octanol–water partition coefficient (Wildman–Crippen LogP) is 1.69. The molecule has 0 aliphatic carbocycles. The van der Waals surface area contributed by atoms with E-state index < -0.39 is 11.9 Å². The van der Waals surface area contributed by atoms with Crippen LogP contribution in [0.5, 0.6) is 0 Å². The molecule has 90 valence electrons. The largest absolute Gasteiger partial charge is 0.462 e. The Morgan fingerprint density at radius 3 is 2.56 bits per heavy atom. The van der Waals surface area contributed by atoms with Crippen LogP contribution < -0.4 is 0 Å². The molecule has 0 radical (unpaired) electrons. The zero-order valence-corrected chi connectivity index (χ0v) is 9.83. The predicted molar refractivity (Wildman–Crippen MR) is 63.6 cm³/mol. The van der Waals surface area contributed by atoms with Crippen molar-refractivity contribution in [1.82, 2.24) is 4.98 Å². The van der Waals surface area contributed by atoms with Crippen molar-refractivity contribution in [3.05, 3.63) is 36.2 Å². The molecule has 1 rings (SSSR count). The van der Waals surface area contributed by atoms with E-state index in [0.717, 1.165) is 0 Å². The Bertz CT molecular complexity index is 509. The Morgan fingerprint density at radius 1 is 1.44 bits per heavy atom. The summed E-state index contributed by atoms with van der Waals surface area (Å²) in [7, 11) is 0. The first-order chi connectivity index (χ1) is 8.72. The number of carbonyl (C=O) groups excluding carboxylic acids is 1. The number of allylic oxidation sites excluding steroid dienone is 1. The van der Waals surface area contributed by atoms with Gasteiger partial charge in [0, 0.05) is 12.4 Å². The molecule has 18 heavy (non-hydrogen) atoms. The van der Waals surface area contributed by atoms with Gasteiger partial charge in [-0.25, -0.2) is 4.79 Å². The average molecular weight is 241 g/mol. The summed E-state index contributed by atoms with van der Waals surface area (Å²) in [5, 5.41) is 17.5. The van der Waals surface area contributed by atoms with Crippen LogP contribution >= 0.6 is 0 Å². The van der Waals surface area contributed by atoms with Gasteiger partial charge in [-0.05, 0) is 30.7 Å². The number of hydrogen-bond acceptors (Lipinski definition) is 5. The Balaban J connectivity index is 3.16. The zero-order chi connectivity index (χ0) is 13.4. The van der Waals surface area contributed by atoms with E-state index in [-0.39, 0.29) is 12.2 Å². The van der Waals surface area contributed by atoms with Crippen LogP contribution in [0.15, 0.2) is 30.6 Å². The molecule has 0 aromatic carbocycles. The molecule has 0 saturated heterocycles. The number of aromatic nitrogens is 1. The molecule has 0 N–H and O–H groups in total. The van der Waals surface area contributed by atoms with E-state index in [4.69, 9.17) is 15.3 Å². The molecule has 5 heteroatoms. The van der Waals surface area contributed by atoms with Crippen LogP contribution in [0.1, 0.15) is 12.5 Å². The Labute approximate surface area is 105 Å². The SMILES string of the molecule is CCOC(=O)/C(=C/C(C#N)C#N)c1ccncc1. The zero-order valence-electron chi connectivity index (χ0n) is 9.83. The molecule has 1 aromatic heterocycles. The van der Waals surface area contributed by atoms with Crippen LogP contribution in [0, 0.1) is 28.6 Å². The summed E-state index contributed by atoms with van der Waals surface area (Å²) in [5.41, 5.74) is 0.770. The number of rotatable bonds is 4. The fraction of sp³-hybridized carbons (Fsp3) is 0.231. The molecule has 0 amide bonds. The van der Waals surface area contributed by atoms with Gasteiger partial charge in [-0.15, -0.1) is 0 Å². The van der Waals surface area contributed by atoms with Crippen LogP contribution in [0.25, 0.3) is 5.57 Å². The van der Waals surface area contributed by atoms with Crippen LogP contribution in [0.2, 0.25) is 0 Å². The second-order valence-corrected chi connectivity index (χ2v) is 3.27. The van der Waals surface area contributed by atoms with E-state index >= 15 is 0 Å². The number of hydrogen-bond donors (Lipinski definition) is 0. The van der Waals surface area contributed by atoms with Gasteiger partial charge in [0.1, 0.15) is 0 Å². The molecular weight excluding hydrogens is 230 g/mol. The van der Waals surface area contributed by atoms with Crippen molar-refractivity contribution in [3.63, 3.8) is 0 Å². The summed E-state index contributed by atoms with van der Waals surface area (Å²) in [6.07, 6.45) is 4.35. The van der Waals surface area contributed by atoms with Gasteiger partial charge in [0.25, 0.3) is 0 Å². The summed E-state index contributed by atoms with van der Waals surface area (Å²) in [5.74, 6) is -1.54. The highest BCUT2D eigenvalue weighted by molar-refractivity contribution is 6.16. The quantitative estimate of drug-likeness (QED) is 0.591. The van der Waals surface area contributed by atoms with E-state index in [9.17, 15) is 4.79 Å². The van der Waals surface area contributed by atoms with Crippen LogP contribution in [-0.4, -0.2) is 17.6 Å². The second-order valence-electron chi connectivity index (χ2n) is 3.27. The summed E-state index contributed by atoms with van der Waals surface area (Å²) in [6.45, 7) is 1.92. The lowest BCUT2D eigenvalue weighted by atomic mass is 10.0. The van der Waals surface area contributed by atoms with Crippen LogP contribution in [0.4, 0.5) is 0 Å². The minimum absolute atomic E-state index is 0.201. The van der Waals surface area contributed by atoms with Crippen LogP contribution in [-0.2, 0) is 9.53 Å². The van der Waals surface area contributed by atoms with Crippen molar-refractivity contribution in [2.24, 2.45) is 5.92 Å². The molecular formula is C13H11N3O2. The molecule has 0 aliphatic rings. The smallest absolute Gasteiger partial charge is 0.338 e. The Kier molecular flexibility index (Phi) is 5.08. The Morgan fingerprint density at radius 2 is 2.06 bits per heavy atom. The third kappa shape index (κ3) is 3.43. The van der Waals surface area contributed by atoms with Crippen molar-refractivity contribution in [2.75, 3.05) is 6.61 Å². The molecule has 5 nitrogen and oxygen atoms in total. The number of pyridine rings is 1. The van der Waals surface area contributed by atoms with Crippen molar-refractivity contribution in [3.8, 4) is 12.1 Å². The summed E-state index contributed by atoms with van der Waals surface area (Å²) in [6, 6.07) is 6.82. The highest BCUT2D eigenvalue weighted by Crippen LogP contribution is 2.17. The summed E-state index contributed by atoms with van der Waals surface area (Å²) < 4.78 is 4.90. The molecule has 0 fully saturated rings. The van der Waals surface area contributed by atoms with Gasteiger partial charge in [0.2, 0.25) is 0 Å². The summed E-state index contributed by atoms with van der Waals surface area (Å²) in [4.78, 5) is 15.6. The van der Waals surface area contributed by atoms with Crippen molar-refractivity contribution in [2.45, 2.75) is 6.92 Å². The van der Waals surface area contributed by atoms with E-state index in [0.29, 0.717) is 5.56 Å². The van der Waals surface area contributed by atoms with Crippen LogP contribution in [0.3, 0.4) is 0 Å². The first-order valence-corrected chi connectivity index (χ1v) is 5.31.